The van der Waals surface area contributed by atoms with Gasteiger partial charge in [0.1, 0.15) is 24.5 Å². The van der Waals surface area contributed by atoms with Crippen LogP contribution in [0.25, 0.3) is 0 Å². The lowest BCUT2D eigenvalue weighted by Crippen LogP contribution is -2.32. The number of amides is 1. The number of methoxy groups -OCH3 is 1. The molecule has 0 spiro atoms. The second-order valence-corrected chi connectivity index (χ2v) is 3.91. The van der Waals surface area contributed by atoms with E-state index in [9.17, 15) is 9.59 Å². The highest BCUT2D eigenvalue weighted by Gasteiger charge is 2.12. The minimum absolute atomic E-state index is 0.300. The number of likely N-dealkylation sites (N-methyl/N-ethyl adjacent to an activating group) is 1. The van der Waals surface area contributed by atoms with Gasteiger partial charge in [-0.2, -0.15) is 0 Å². The van der Waals surface area contributed by atoms with E-state index in [-0.39, 0.29) is 0 Å². The first-order valence-electron chi connectivity index (χ1n) is 5.75. The monoisotopic (exact) mass is 267 g/mol. The highest BCUT2D eigenvalue weighted by molar-refractivity contribution is 5.93. The summed E-state index contributed by atoms with van der Waals surface area (Å²) in [4.78, 5) is 23.1. The van der Waals surface area contributed by atoms with Crippen LogP contribution in [0.15, 0.2) is 24.3 Å². The van der Waals surface area contributed by atoms with E-state index < -0.39 is 18.3 Å². The lowest BCUT2D eigenvalue weighted by molar-refractivity contribution is -0.143. The van der Waals surface area contributed by atoms with Crippen molar-refractivity contribution >= 4 is 11.9 Å². The van der Waals surface area contributed by atoms with Crippen LogP contribution < -0.4 is 9.47 Å². The zero-order valence-electron chi connectivity index (χ0n) is 11.0. The Balaban J connectivity index is 2.32. The molecule has 1 amide bonds. The fourth-order valence-electron chi connectivity index (χ4n) is 1.36. The Morgan fingerprint density at radius 3 is 2.32 bits per heavy atom. The summed E-state index contributed by atoms with van der Waals surface area (Å²) in [5.41, 5.74) is 0. The van der Waals surface area contributed by atoms with E-state index in [0.29, 0.717) is 18.9 Å². The minimum atomic E-state index is -1.13. The number of rotatable bonds is 7. The summed E-state index contributed by atoms with van der Waals surface area (Å²) in [6.45, 7) is 0.631. The lowest BCUT2D eigenvalue weighted by atomic mass is 10.3. The van der Waals surface area contributed by atoms with Crippen molar-refractivity contribution in [3.05, 3.63) is 24.3 Å². The van der Waals surface area contributed by atoms with Gasteiger partial charge in [-0.25, -0.2) is 0 Å². The summed E-state index contributed by atoms with van der Waals surface area (Å²) < 4.78 is 10.5. The fourth-order valence-corrected chi connectivity index (χ4v) is 1.36. The van der Waals surface area contributed by atoms with Crippen molar-refractivity contribution in [2.75, 3.05) is 27.3 Å². The summed E-state index contributed by atoms with van der Waals surface area (Å²) in [7, 11) is 3.13. The highest BCUT2D eigenvalue weighted by Crippen LogP contribution is 2.16. The average molecular weight is 267 g/mol. The van der Waals surface area contributed by atoms with Gasteiger partial charge in [0.15, 0.2) is 0 Å². The molecule has 0 bridgehead atoms. The summed E-state index contributed by atoms with van der Waals surface area (Å²) in [6.07, 6.45) is -0.501. The van der Waals surface area contributed by atoms with E-state index in [0.717, 1.165) is 5.75 Å². The fraction of sp³-hybridized carbons (Fsp3) is 0.385. The Kier molecular flexibility index (Phi) is 5.66. The van der Waals surface area contributed by atoms with E-state index in [2.05, 4.69) is 0 Å². The third-order valence-electron chi connectivity index (χ3n) is 2.48. The van der Waals surface area contributed by atoms with E-state index in [1.165, 1.54) is 4.90 Å². The summed E-state index contributed by atoms with van der Waals surface area (Å²) in [5.74, 6) is -0.167. The van der Waals surface area contributed by atoms with E-state index in [4.69, 9.17) is 14.6 Å². The van der Waals surface area contributed by atoms with Crippen LogP contribution in [0, 0.1) is 0 Å². The molecule has 6 heteroatoms. The molecule has 19 heavy (non-hydrogen) atoms. The second-order valence-electron chi connectivity index (χ2n) is 3.91. The first kappa shape index (κ1) is 14.8. The third-order valence-corrected chi connectivity index (χ3v) is 2.48. The average Bonchev–Trinajstić information content (AvgIpc) is 2.38. The minimum Gasteiger partial charge on any atom is -0.497 e. The molecular formula is C13H17NO5. The molecule has 0 saturated carbocycles. The highest BCUT2D eigenvalue weighted by atomic mass is 16.5. The standard InChI is InChI=1S/C13H17NO5/c1-14(12(15)9-13(16)17)7-8-19-11-5-3-10(18-2)4-6-11/h3-6H,7-9H2,1-2H3,(H,16,17). The largest absolute Gasteiger partial charge is 0.497 e. The number of hydrogen-bond acceptors (Lipinski definition) is 4. The number of aliphatic carboxylic acids is 1. The molecule has 0 atom stereocenters. The molecule has 0 fully saturated rings. The van der Waals surface area contributed by atoms with Crippen LogP contribution in [0.4, 0.5) is 0 Å². The van der Waals surface area contributed by atoms with Gasteiger partial charge >= 0.3 is 5.97 Å². The van der Waals surface area contributed by atoms with Gasteiger partial charge in [-0.15, -0.1) is 0 Å². The maximum absolute atomic E-state index is 11.4. The van der Waals surface area contributed by atoms with Gasteiger partial charge in [0.05, 0.1) is 13.7 Å². The molecule has 0 aromatic heterocycles. The molecule has 104 valence electrons. The van der Waals surface area contributed by atoms with Crippen molar-refractivity contribution in [1.82, 2.24) is 4.90 Å². The Hall–Kier alpha value is -2.24. The first-order valence-corrected chi connectivity index (χ1v) is 5.75. The zero-order valence-corrected chi connectivity index (χ0v) is 11.0. The van der Waals surface area contributed by atoms with Gasteiger partial charge in [0, 0.05) is 7.05 Å². The molecule has 1 aromatic rings. The maximum Gasteiger partial charge on any atom is 0.312 e. The molecule has 0 aliphatic carbocycles. The zero-order chi connectivity index (χ0) is 14.3. The Morgan fingerprint density at radius 1 is 1.21 bits per heavy atom. The van der Waals surface area contributed by atoms with Gasteiger partial charge in [-0.05, 0) is 24.3 Å². The predicted molar refractivity (Wildman–Crippen MR) is 68.4 cm³/mol. The predicted octanol–water partition coefficient (Wildman–Crippen LogP) is 1.01. The van der Waals surface area contributed by atoms with Crippen molar-refractivity contribution in [2.45, 2.75) is 6.42 Å². The quantitative estimate of drug-likeness (QED) is 0.746. The molecule has 0 aliphatic rings. The van der Waals surface area contributed by atoms with Crippen LogP contribution in [-0.2, 0) is 9.59 Å². The number of carboxylic acids is 1. The van der Waals surface area contributed by atoms with Crippen molar-refractivity contribution in [3.8, 4) is 11.5 Å². The van der Waals surface area contributed by atoms with Crippen LogP contribution >= 0.6 is 0 Å². The smallest absolute Gasteiger partial charge is 0.312 e. The van der Waals surface area contributed by atoms with Crippen molar-refractivity contribution in [1.29, 1.82) is 0 Å². The van der Waals surface area contributed by atoms with Gasteiger partial charge in [-0.3, -0.25) is 9.59 Å². The molecule has 6 nitrogen and oxygen atoms in total. The van der Waals surface area contributed by atoms with Crippen molar-refractivity contribution in [2.24, 2.45) is 0 Å². The van der Waals surface area contributed by atoms with Crippen LogP contribution in [-0.4, -0.2) is 49.2 Å². The summed E-state index contributed by atoms with van der Waals surface area (Å²) in [6, 6.07) is 7.07. The number of carboxylic acid groups (broad SMARTS) is 1. The molecule has 1 aromatic carbocycles. The first-order chi connectivity index (χ1) is 9.02. The number of ether oxygens (including phenoxy) is 2. The topological polar surface area (TPSA) is 76.1 Å². The Morgan fingerprint density at radius 2 is 1.79 bits per heavy atom. The van der Waals surface area contributed by atoms with Crippen LogP contribution in [0.2, 0.25) is 0 Å². The van der Waals surface area contributed by atoms with Crippen LogP contribution in [0.5, 0.6) is 11.5 Å². The van der Waals surface area contributed by atoms with Crippen molar-refractivity contribution in [3.63, 3.8) is 0 Å². The number of carbonyl (C=O) groups is 2. The third kappa shape index (κ3) is 5.29. The summed E-state index contributed by atoms with van der Waals surface area (Å²) in [5, 5.41) is 8.49. The molecule has 1 N–H and O–H groups in total. The van der Waals surface area contributed by atoms with E-state index in [1.54, 1.807) is 38.4 Å². The van der Waals surface area contributed by atoms with Gasteiger partial charge < -0.3 is 19.5 Å². The van der Waals surface area contributed by atoms with Gasteiger partial charge in [0.25, 0.3) is 0 Å². The van der Waals surface area contributed by atoms with E-state index in [1.807, 2.05) is 0 Å². The van der Waals surface area contributed by atoms with Crippen LogP contribution in [0.1, 0.15) is 6.42 Å². The molecule has 1 rings (SSSR count). The normalized spacial score (nSPS) is 9.79. The molecule has 0 radical (unpaired) electrons. The van der Waals surface area contributed by atoms with Gasteiger partial charge in [0.2, 0.25) is 5.91 Å². The lowest BCUT2D eigenvalue weighted by Gasteiger charge is -2.16. The number of benzene rings is 1. The molecule has 0 saturated heterocycles. The Labute approximate surface area is 111 Å². The number of hydrogen-bond donors (Lipinski definition) is 1. The van der Waals surface area contributed by atoms with Gasteiger partial charge in [-0.1, -0.05) is 0 Å². The molecular weight excluding hydrogens is 250 g/mol. The number of carbonyl (C=O) groups excluding carboxylic acids is 1. The molecule has 0 aliphatic heterocycles. The van der Waals surface area contributed by atoms with Crippen LogP contribution in [0.3, 0.4) is 0 Å². The van der Waals surface area contributed by atoms with Crippen molar-refractivity contribution < 1.29 is 24.2 Å². The van der Waals surface area contributed by atoms with E-state index >= 15 is 0 Å². The maximum atomic E-state index is 11.4. The molecule has 0 heterocycles. The Bertz CT molecular complexity index is 429. The SMILES string of the molecule is COc1ccc(OCCN(C)C(=O)CC(=O)O)cc1. The number of nitrogens with zero attached hydrogens (tertiary/aromatic N) is 1. The summed E-state index contributed by atoms with van der Waals surface area (Å²) >= 11 is 0. The second kappa shape index (κ2) is 7.25. The molecule has 0 unspecified atom stereocenters.